The SMILES string of the molecule is C=CCOc1ccc(C(C)(COCc2cccc(Oc3ccccc3)n2)C(F)F)cc1. The summed E-state index contributed by atoms with van der Waals surface area (Å²) in [4.78, 5) is 4.39. The first-order chi connectivity index (χ1) is 15.0. The fraction of sp³-hybridized carbons (Fsp3) is 0.240. The lowest BCUT2D eigenvalue weighted by Crippen LogP contribution is -2.36. The fourth-order valence-electron chi connectivity index (χ4n) is 2.93. The second kappa shape index (κ2) is 10.7. The van der Waals surface area contributed by atoms with Crippen LogP contribution >= 0.6 is 0 Å². The predicted octanol–water partition coefficient (Wildman–Crippen LogP) is 6.18. The lowest BCUT2D eigenvalue weighted by atomic mass is 9.83. The molecule has 3 rings (SSSR count). The predicted molar refractivity (Wildman–Crippen MR) is 116 cm³/mol. The van der Waals surface area contributed by atoms with E-state index in [4.69, 9.17) is 14.2 Å². The molecule has 2 aromatic carbocycles. The number of halogens is 2. The van der Waals surface area contributed by atoms with E-state index in [1.54, 1.807) is 48.5 Å². The van der Waals surface area contributed by atoms with Crippen molar-refractivity contribution in [3.63, 3.8) is 0 Å². The number of para-hydroxylation sites is 1. The van der Waals surface area contributed by atoms with Crippen LogP contribution in [0.4, 0.5) is 8.78 Å². The molecule has 0 saturated heterocycles. The maximum atomic E-state index is 13.9. The van der Waals surface area contributed by atoms with Gasteiger partial charge in [0.15, 0.2) is 0 Å². The van der Waals surface area contributed by atoms with Crippen LogP contribution < -0.4 is 9.47 Å². The van der Waals surface area contributed by atoms with Gasteiger partial charge in [-0.25, -0.2) is 13.8 Å². The van der Waals surface area contributed by atoms with Crippen molar-refractivity contribution in [3.05, 3.63) is 96.7 Å². The van der Waals surface area contributed by atoms with Crippen LogP contribution in [0.2, 0.25) is 0 Å². The molecule has 3 aromatic rings. The summed E-state index contributed by atoms with van der Waals surface area (Å²) in [5.74, 6) is 1.68. The van der Waals surface area contributed by atoms with E-state index in [1.165, 1.54) is 6.92 Å². The van der Waals surface area contributed by atoms with Crippen molar-refractivity contribution in [1.29, 1.82) is 0 Å². The zero-order valence-corrected chi connectivity index (χ0v) is 17.3. The minimum atomic E-state index is -2.60. The molecule has 1 unspecified atom stereocenters. The number of pyridine rings is 1. The van der Waals surface area contributed by atoms with Gasteiger partial charge in [0.2, 0.25) is 12.3 Å². The van der Waals surface area contributed by atoms with Gasteiger partial charge in [0, 0.05) is 6.07 Å². The molecule has 0 aliphatic carbocycles. The first-order valence-electron chi connectivity index (χ1n) is 9.90. The minimum absolute atomic E-state index is 0.0921. The molecule has 0 aliphatic heterocycles. The van der Waals surface area contributed by atoms with Crippen molar-refractivity contribution in [2.24, 2.45) is 0 Å². The van der Waals surface area contributed by atoms with E-state index in [0.29, 0.717) is 35.2 Å². The molecule has 0 saturated carbocycles. The molecule has 4 nitrogen and oxygen atoms in total. The topological polar surface area (TPSA) is 40.6 Å². The summed E-state index contributed by atoms with van der Waals surface area (Å²) >= 11 is 0. The molecule has 162 valence electrons. The molecule has 0 N–H and O–H groups in total. The van der Waals surface area contributed by atoms with Gasteiger partial charge in [-0.15, -0.1) is 0 Å². The average molecular weight is 425 g/mol. The monoisotopic (exact) mass is 425 g/mol. The molecule has 6 heteroatoms. The third-order valence-corrected chi connectivity index (χ3v) is 4.76. The second-order valence-corrected chi connectivity index (χ2v) is 7.22. The van der Waals surface area contributed by atoms with Crippen LogP contribution in [-0.2, 0) is 16.8 Å². The van der Waals surface area contributed by atoms with Crippen molar-refractivity contribution in [2.75, 3.05) is 13.2 Å². The highest BCUT2D eigenvalue weighted by molar-refractivity contribution is 5.33. The summed E-state index contributed by atoms with van der Waals surface area (Å²) in [6, 6.07) is 21.2. The Morgan fingerprint density at radius 2 is 1.71 bits per heavy atom. The van der Waals surface area contributed by atoms with Gasteiger partial charge in [-0.05, 0) is 42.8 Å². The lowest BCUT2D eigenvalue weighted by molar-refractivity contribution is -0.0135. The van der Waals surface area contributed by atoms with E-state index < -0.39 is 11.8 Å². The zero-order valence-electron chi connectivity index (χ0n) is 17.3. The number of hydrogen-bond donors (Lipinski definition) is 0. The van der Waals surface area contributed by atoms with Crippen molar-refractivity contribution in [1.82, 2.24) is 4.98 Å². The van der Waals surface area contributed by atoms with Gasteiger partial charge in [0.1, 0.15) is 18.1 Å². The number of benzene rings is 2. The number of nitrogens with zero attached hydrogens (tertiary/aromatic N) is 1. The molecule has 0 bridgehead atoms. The number of alkyl halides is 2. The Morgan fingerprint density at radius 1 is 0.968 bits per heavy atom. The van der Waals surface area contributed by atoms with Gasteiger partial charge in [-0.1, -0.05) is 49.1 Å². The van der Waals surface area contributed by atoms with Crippen LogP contribution in [0, 0.1) is 0 Å². The molecule has 1 aromatic heterocycles. The molecule has 0 aliphatic rings. The Morgan fingerprint density at radius 3 is 2.39 bits per heavy atom. The summed E-state index contributed by atoms with van der Waals surface area (Å²) in [6.07, 6.45) is -0.980. The molecule has 1 atom stereocenters. The number of ether oxygens (including phenoxy) is 3. The quantitative estimate of drug-likeness (QED) is 0.344. The van der Waals surface area contributed by atoms with E-state index >= 15 is 0 Å². The lowest BCUT2D eigenvalue weighted by Gasteiger charge is -2.29. The maximum absolute atomic E-state index is 13.9. The van der Waals surface area contributed by atoms with Crippen LogP contribution in [0.25, 0.3) is 0 Å². The molecule has 31 heavy (non-hydrogen) atoms. The van der Waals surface area contributed by atoms with Gasteiger partial charge in [0.25, 0.3) is 0 Å². The summed E-state index contributed by atoms with van der Waals surface area (Å²) in [6.45, 7) is 5.36. The van der Waals surface area contributed by atoms with Crippen LogP contribution in [0.5, 0.6) is 17.4 Å². The summed E-state index contributed by atoms with van der Waals surface area (Å²) in [7, 11) is 0. The highest BCUT2D eigenvalue weighted by Gasteiger charge is 2.37. The van der Waals surface area contributed by atoms with E-state index in [-0.39, 0.29) is 13.2 Å². The third kappa shape index (κ3) is 6.12. The third-order valence-electron chi connectivity index (χ3n) is 4.76. The second-order valence-electron chi connectivity index (χ2n) is 7.22. The van der Waals surface area contributed by atoms with Crippen LogP contribution in [0.15, 0.2) is 85.5 Å². The molecule has 0 amide bonds. The van der Waals surface area contributed by atoms with Gasteiger partial charge in [-0.2, -0.15) is 0 Å². The van der Waals surface area contributed by atoms with E-state index in [9.17, 15) is 8.78 Å². The first-order valence-corrected chi connectivity index (χ1v) is 9.90. The van der Waals surface area contributed by atoms with Gasteiger partial charge in [0.05, 0.1) is 24.3 Å². The highest BCUT2D eigenvalue weighted by Crippen LogP contribution is 2.33. The average Bonchev–Trinajstić information content (AvgIpc) is 2.79. The highest BCUT2D eigenvalue weighted by atomic mass is 19.3. The van der Waals surface area contributed by atoms with Gasteiger partial charge >= 0.3 is 0 Å². The molecule has 0 radical (unpaired) electrons. The number of rotatable bonds is 11. The number of hydrogen-bond acceptors (Lipinski definition) is 4. The minimum Gasteiger partial charge on any atom is -0.490 e. The van der Waals surface area contributed by atoms with Gasteiger partial charge in [-0.3, -0.25) is 0 Å². The standard InChI is InChI=1S/C25H25F2NO3/c1-3-16-30-21-14-12-19(13-15-21)25(2,24(26)27)18-29-17-20-8-7-11-23(28-20)31-22-9-5-4-6-10-22/h3-15,24H,1,16-18H2,2H3. The normalized spacial score (nSPS) is 12.9. The Labute approximate surface area is 181 Å². The maximum Gasteiger partial charge on any atom is 0.250 e. The van der Waals surface area contributed by atoms with Crippen LogP contribution in [0.1, 0.15) is 18.2 Å². The van der Waals surface area contributed by atoms with E-state index in [2.05, 4.69) is 11.6 Å². The van der Waals surface area contributed by atoms with Crippen molar-refractivity contribution < 1.29 is 23.0 Å². The van der Waals surface area contributed by atoms with Crippen molar-refractivity contribution >= 4 is 0 Å². The Bertz CT molecular complexity index is 964. The van der Waals surface area contributed by atoms with E-state index in [0.717, 1.165) is 0 Å². The Kier molecular flexibility index (Phi) is 7.73. The molecular weight excluding hydrogens is 400 g/mol. The summed E-state index contributed by atoms with van der Waals surface area (Å²) < 4.78 is 44.7. The van der Waals surface area contributed by atoms with Crippen LogP contribution in [0.3, 0.4) is 0 Å². The Balaban J connectivity index is 1.63. The van der Waals surface area contributed by atoms with Crippen molar-refractivity contribution in [2.45, 2.75) is 25.4 Å². The Hall–Kier alpha value is -3.25. The molecular formula is C25H25F2NO3. The first kappa shape index (κ1) is 22.4. The molecule has 1 heterocycles. The smallest absolute Gasteiger partial charge is 0.250 e. The van der Waals surface area contributed by atoms with Gasteiger partial charge < -0.3 is 14.2 Å². The molecule has 0 spiro atoms. The number of aromatic nitrogens is 1. The fourth-order valence-corrected chi connectivity index (χ4v) is 2.93. The van der Waals surface area contributed by atoms with E-state index in [1.807, 2.05) is 30.3 Å². The van der Waals surface area contributed by atoms with Crippen LogP contribution in [-0.4, -0.2) is 24.6 Å². The zero-order chi connectivity index (χ0) is 22.1. The van der Waals surface area contributed by atoms with Crippen molar-refractivity contribution in [3.8, 4) is 17.4 Å². The summed E-state index contributed by atoms with van der Waals surface area (Å²) in [5.41, 5.74) is -0.393. The summed E-state index contributed by atoms with van der Waals surface area (Å²) in [5, 5.41) is 0. The largest absolute Gasteiger partial charge is 0.490 e. The molecule has 0 fully saturated rings.